The van der Waals surface area contributed by atoms with Crippen LogP contribution in [0.3, 0.4) is 0 Å². The van der Waals surface area contributed by atoms with Gasteiger partial charge >= 0.3 is 0 Å². The molecule has 0 aliphatic carbocycles. The monoisotopic (exact) mass is 468 g/mol. The van der Waals surface area contributed by atoms with Crippen LogP contribution in [0.1, 0.15) is 10.4 Å². The highest BCUT2D eigenvalue weighted by Gasteiger charge is 2.25. The summed E-state index contributed by atoms with van der Waals surface area (Å²) < 4.78 is 0.173. The third kappa shape index (κ3) is 7.15. The molecule has 0 unspecified atom stereocenters. The molecule has 0 saturated heterocycles. The molecule has 0 aromatic heterocycles. The van der Waals surface area contributed by atoms with Gasteiger partial charge < -0.3 is 22.2 Å². The number of Topliss-reactive ketones (excluding diaryl/α,β-unsaturated/α-hetero) is 1. The van der Waals surface area contributed by atoms with Gasteiger partial charge in [-0.1, -0.05) is 46.4 Å². The molecule has 27 heavy (non-hydrogen) atoms. The van der Waals surface area contributed by atoms with Crippen molar-refractivity contribution in [3.05, 3.63) is 62.1 Å². The Morgan fingerprint density at radius 2 is 1.41 bits per heavy atom. The van der Waals surface area contributed by atoms with Gasteiger partial charge in [0.2, 0.25) is 5.78 Å². The normalized spacial score (nSPS) is 10.9. The third-order valence-corrected chi connectivity index (χ3v) is 5.07. The van der Waals surface area contributed by atoms with Crippen molar-refractivity contribution in [1.82, 2.24) is 0 Å². The number of carbonyl (C=O) groups is 2. The molecule has 146 valence electrons. The first kappa shape index (κ1) is 24.0. The van der Waals surface area contributed by atoms with Crippen molar-refractivity contribution in [3.8, 4) is 0 Å². The largest absolute Gasteiger partial charge is 1.00 e. The Labute approximate surface area is 184 Å². The lowest BCUT2D eigenvalue weighted by Gasteiger charge is -2.28. The predicted molar refractivity (Wildman–Crippen MR) is 108 cm³/mol. The van der Waals surface area contributed by atoms with Gasteiger partial charge in [-0.15, -0.1) is 0 Å². The van der Waals surface area contributed by atoms with Crippen molar-refractivity contribution < 1.29 is 26.5 Å². The SMILES string of the molecule is C[N+](C)(CC(=O)Nc1ccc(Cl)c(Cl)c1)CC(=O)c1ccc(Cl)c(Cl)c1.[Cl-]. The fraction of sp³-hybridized carbons (Fsp3) is 0.222. The Bertz CT molecular complexity index is 856. The second-order valence-electron chi connectivity index (χ2n) is 6.48. The number of quaternary nitrogens is 1. The minimum Gasteiger partial charge on any atom is -1.00 e. The second-order valence-corrected chi connectivity index (χ2v) is 8.11. The average molecular weight is 471 g/mol. The molecule has 2 aromatic carbocycles. The van der Waals surface area contributed by atoms with Crippen molar-refractivity contribution in [2.75, 3.05) is 32.5 Å². The Morgan fingerprint density at radius 3 is 1.96 bits per heavy atom. The number of hydrogen-bond acceptors (Lipinski definition) is 2. The number of hydrogen-bond donors (Lipinski definition) is 1. The molecule has 1 N–H and O–H groups in total. The van der Waals surface area contributed by atoms with Crippen LogP contribution in [0.4, 0.5) is 5.69 Å². The minimum atomic E-state index is -0.240. The Balaban J connectivity index is 0.00000364. The second kappa shape index (κ2) is 9.97. The van der Waals surface area contributed by atoms with Crippen LogP contribution in [-0.2, 0) is 4.79 Å². The van der Waals surface area contributed by atoms with E-state index in [0.717, 1.165) is 0 Å². The summed E-state index contributed by atoms with van der Waals surface area (Å²) in [5.74, 6) is -0.369. The van der Waals surface area contributed by atoms with Crippen molar-refractivity contribution in [2.45, 2.75) is 0 Å². The molecule has 0 aliphatic rings. The number of likely N-dealkylation sites (N-methyl/N-ethyl adjacent to an activating group) is 1. The van der Waals surface area contributed by atoms with E-state index in [1.165, 1.54) is 6.07 Å². The van der Waals surface area contributed by atoms with E-state index in [9.17, 15) is 9.59 Å². The molecule has 0 spiro atoms. The van der Waals surface area contributed by atoms with Crippen molar-refractivity contribution in [3.63, 3.8) is 0 Å². The number of benzene rings is 2. The van der Waals surface area contributed by atoms with Crippen LogP contribution in [0.5, 0.6) is 0 Å². The zero-order chi connectivity index (χ0) is 19.5. The molecule has 1 amide bonds. The lowest BCUT2D eigenvalue weighted by atomic mass is 10.1. The summed E-state index contributed by atoms with van der Waals surface area (Å²) in [6.45, 7) is 0.236. The summed E-state index contributed by atoms with van der Waals surface area (Å²) >= 11 is 23.6. The lowest BCUT2D eigenvalue weighted by Crippen LogP contribution is -3.00. The molecular formula is C18H17Cl5N2O2. The Kier molecular flexibility index (Phi) is 8.87. The van der Waals surface area contributed by atoms with E-state index < -0.39 is 0 Å². The van der Waals surface area contributed by atoms with Gasteiger partial charge in [-0.3, -0.25) is 9.59 Å². The van der Waals surface area contributed by atoms with Crippen LogP contribution in [0.15, 0.2) is 36.4 Å². The number of rotatable bonds is 6. The number of anilines is 1. The van der Waals surface area contributed by atoms with Crippen LogP contribution >= 0.6 is 46.4 Å². The Morgan fingerprint density at radius 1 is 0.852 bits per heavy atom. The molecule has 9 heteroatoms. The molecule has 0 radical (unpaired) electrons. The van der Waals surface area contributed by atoms with Gasteiger partial charge in [-0.25, -0.2) is 0 Å². The molecule has 0 bridgehead atoms. The maximum atomic E-state index is 12.5. The van der Waals surface area contributed by atoms with Gasteiger partial charge in [0.25, 0.3) is 5.91 Å². The van der Waals surface area contributed by atoms with Gasteiger partial charge in [0.15, 0.2) is 6.54 Å². The Hall–Kier alpha value is -1.01. The maximum Gasteiger partial charge on any atom is 0.279 e. The first-order chi connectivity index (χ1) is 12.1. The van der Waals surface area contributed by atoms with Gasteiger partial charge in [0.05, 0.1) is 34.2 Å². The standard InChI is InChI=1S/C18H16Cl4N2O2.ClH/c1-24(2,9-17(25)11-3-5-13(19)15(21)7-11)10-18(26)23-12-4-6-14(20)16(22)8-12;/h3-8H,9-10H2,1-2H3;1H. The zero-order valence-corrected chi connectivity index (χ0v) is 18.3. The average Bonchev–Trinajstić information content (AvgIpc) is 2.52. The van der Waals surface area contributed by atoms with Gasteiger partial charge in [0.1, 0.15) is 6.54 Å². The fourth-order valence-corrected chi connectivity index (χ4v) is 2.96. The maximum absolute atomic E-state index is 12.5. The van der Waals surface area contributed by atoms with E-state index in [-0.39, 0.29) is 41.7 Å². The van der Waals surface area contributed by atoms with Gasteiger partial charge in [-0.05, 0) is 36.4 Å². The third-order valence-electron chi connectivity index (χ3n) is 3.59. The molecule has 0 saturated carbocycles. The summed E-state index contributed by atoms with van der Waals surface area (Å²) in [6, 6.07) is 9.56. The quantitative estimate of drug-likeness (QED) is 0.520. The van der Waals surface area contributed by atoms with Crippen LogP contribution in [0, 0.1) is 0 Å². The molecule has 0 aliphatic heterocycles. The minimum absolute atomic E-state index is 0. The van der Waals surface area contributed by atoms with E-state index in [1.54, 1.807) is 44.4 Å². The smallest absolute Gasteiger partial charge is 0.279 e. The first-order valence-electron chi connectivity index (χ1n) is 7.62. The predicted octanol–water partition coefficient (Wildman–Crippen LogP) is 2.20. The molecular weight excluding hydrogens is 453 g/mol. The number of nitrogens with zero attached hydrogens (tertiary/aromatic N) is 1. The summed E-state index contributed by atoms with van der Waals surface area (Å²) in [7, 11) is 3.59. The number of nitrogens with one attached hydrogen (secondary N) is 1. The van der Waals surface area contributed by atoms with E-state index in [2.05, 4.69) is 5.32 Å². The number of amides is 1. The molecule has 0 heterocycles. The molecule has 4 nitrogen and oxygen atoms in total. The lowest BCUT2D eigenvalue weighted by molar-refractivity contribution is -0.873. The van der Waals surface area contributed by atoms with Crippen molar-refractivity contribution in [1.29, 1.82) is 0 Å². The topological polar surface area (TPSA) is 46.2 Å². The van der Waals surface area contributed by atoms with Crippen LogP contribution in [0.2, 0.25) is 20.1 Å². The molecule has 2 aromatic rings. The van der Waals surface area contributed by atoms with Crippen LogP contribution in [-0.4, -0.2) is 43.4 Å². The fourth-order valence-electron chi connectivity index (χ4n) is 2.37. The molecule has 0 fully saturated rings. The highest BCUT2D eigenvalue weighted by molar-refractivity contribution is 6.42. The number of carbonyl (C=O) groups excluding carboxylic acids is 2. The summed E-state index contributed by atoms with van der Waals surface area (Å²) in [5.41, 5.74) is 0.996. The highest BCUT2D eigenvalue weighted by atomic mass is 35.5. The summed E-state index contributed by atoms with van der Waals surface area (Å²) in [5, 5.41) is 4.22. The number of ketones is 1. The van der Waals surface area contributed by atoms with Gasteiger partial charge in [0, 0.05) is 11.3 Å². The highest BCUT2D eigenvalue weighted by Crippen LogP contribution is 2.25. The first-order valence-corrected chi connectivity index (χ1v) is 9.14. The molecule has 0 atom stereocenters. The van der Waals surface area contributed by atoms with E-state index in [1.807, 2.05) is 0 Å². The van der Waals surface area contributed by atoms with Crippen molar-refractivity contribution >= 4 is 63.8 Å². The number of halogens is 5. The van der Waals surface area contributed by atoms with E-state index in [4.69, 9.17) is 46.4 Å². The molecule has 2 rings (SSSR count). The van der Waals surface area contributed by atoms with E-state index >= 15 is 0 Å². The van der Waals surface area contributed by atoms with E-state index in [0.29, 0.717) is 31.3 Å². The summed E-state index contributed by atoms with van der Waals surface area (Å²) in [6.07, 6.45) is 0. The van der Waals surface area contributed by atoms with Gasteiger partial charge in [-0.2, -0.15) is 0 Å². The van der Waals surface area contributed by atoms with Crippen molar-refractivity contribution in [2.24, 2.45) is 0 Å². The van der Waals surface area contributed by atoms with Crippen LogP contribution in [0.25, 0.3) is 0 Å². The van der Waals surface area contributed by atoms with Crippen LogP contribution < -0.4 is 17.7 Å². The summed E-state index contributed by atoms with van der Waals surface area (Å²) in [4.78, 5) is 24.8. The zero-order valence-electron chi connectivity index (χ0n) is 14.5.